The van der Waals surface area contributed by atoms with Gasteiger partial charge in [0.15, 0.2) is 5.78 Å². The molecule has 4 atom stereocenters. The summed E-state index contributed by atoms with van der Waals surface area (Å²) in [5.41, 5.74) is 0. The van der Waals surface area contributed by atoms with Crippen molar-refractivity contribution in [3.05, 3.63) is 0 Å². The Balaban J connectivity index is 1.98. The highest BCUT2D eigenvalue weighted by Crippen LogP contribution is 2.31. The van der Waals surface area contributed by atoms with E-state index in [0.29, 0.717) is 38.0 Å². The zero-order valence-electron chi connectivity index (χ0n) is 14.2. The molecule has 2 fully saturated rings. The van der Waals surface area contributed by atoms with Crippen LogP contribution in [0.1, 0.15) is 51.9 Å². The second-order valence-corrected chi connectivity index (χ2v) is 7.17. The quantitative estimate of drug-likeness (QED) is 0.755. The van der Waals surface area contributed by atoms with E-state index in [1.165, 1.54) is 0 Å². The summed E-state index contributed by atoms with van der Waals surface area (Å²) in [6, 6.07) is -1.11. The van der Waals surface area contributed by atoms with Crippen LogP contribution in [0, 0.1) is 17.8 Å². The molecule has 2 rings (SSSR count). The van der Waals surface area contributed by atoms with Crippen LogP contribution in [0.15, 0.2) is 0 Å². The number of nitrogens with one attached hydrogen (secondary N) is 1. The summed E-state index contributed by atoms with van der Waals surface area (Å²) in [6.07, 6.45) is -0.824. The van der Waals surface area contributed by atoms with Gasteiger partial charge in [0.05, 0.1) is 6.04 Å². The van der Waals surface area contributed by atoms with Crippen LogP contribution in [-0.4, -0.2) is 36.5 Å². The van der Waals surface area contributed by atoms with Crippen LogP contribution in [-0.2, 0) is 19.1 Å². The average Bonchev–Trinajstić information content (AvgIpc) is 3.12. The largest absolute Gasteiger partial charge is 0.522 e. The first-order valence-electron chi connectivity index (χ1n) is 8.72. The maximum Gasteiger partial charge on any atom is 0.522 e. The van der Waals surface area contributed by atoms with E-state index in [1.807, 2.05) is 6.92 Å². The molecule has 1 amide bonds. The van der Waals surface area contributed by atoms with Gasteiger partial charge >= 0.3 is 6.36 Å². The molecule has 2 saturated carbocycles. The van der Waals surface area contributed by atoms with Gasteiger partial charge in [-0.3, -0.25) is 19.1 Å². The van der Waals surface area contributed by atoms with Gasteiger partial charge < -0.3 is 5.32 Å². The van der Waals surface area contributed by atoms with Gasteiger partial charge in [0, 0.05) is 18.3 Å². The zero-order valence-corrected chi connectivity index (χ0v) is 14.2. The maximum atomic E-state index is 12.4. The summed E-state index contributed by atoms with van der Waals surface area (Å²) in [5.74, 6) is -1.37. The second-order valence-electron chi connectivity index (χ2n) is 7.17. The van der Waals surface area contributed by atoms with Gasteiger partial charge in [-0.05, 0) is 44.4 Å². The molecule has 0 aliphatic heterocycles. The van der Waals surface area contributed by atoms with E-state index < -0.39 is 24.8 Å². The molecule has 142 valence electrons. The summed E-state index contributed by atoms with van der Waals surface area (Å²) >= 11 is 0. The van der Waals surface area contributed by atoms with Crippen molar-refractivity contribution in [2.24, 2.45) is 17.8 Å². The van der Waals surface area contributed by atoms with Gasteiger partial charge in [-0.1, -0.05) is 6.92 Å². The molecule has 8 heteroatoms. The Morgan fingerprint density at radius 3 is 2.52 bits per heavy atom. The van der Waals surface area contributed by atoms with Crippen molar-refractivity contribution in [2.45, 2.75) is 64.3 Å². The van der Waals surface area contributed by atoms with Gasteiger partial charge in [0.1, 0.15) is 12.4 Å². The predicted octanol–water partition coefficient (Wildman–Crippen LogP) is 2.77. The van der Waals surface area contributed by atoms with Gasteiger partial charge in [-0.15, -0.1) is 13.2 Å². The van der Waals surface area contributed by atoms with Crippen molar-refractivity contribution in [3.63, 3.8) is 0 Å². The molecule has 0 aromatic carbocycles. The number of Topliss-reactive ketones (excluding diaryl/α,β-unsaturated/α-hetero) is 2. The molecule has 0 aromatic heterocycles. The highest BCUT2D eigenvalue weighted by Gasteiger charge is 2.36. The summed E-state index contributed by atoms with van der Waals surface area (Å²) in [4.78, 5) is 36.3. The smallest absolute Gasteiger partial charge is 0.346 e. The van der Waals surface area contributed by atoms with Gasteiger partial charge in [-0.25, -0.2) is 0 Å². The third-order valence-corrected chi connectivity index (χ3v) is 5.10. The van der Waals surface area contributed by atoms with Gasteiger partial charge in [-0.2, -0.15) is 0 Å². The van der Waals surface area contributed by atoms with Crippen molar-refractivity contribution >= 4 is 17.5 Å². The van der Waals surface area contributed by atoms with Crippen molar-refractivity contribution in [3.8, 4) is 0 Å². The van der Waals surface area contributed by atoms with Crippen LogP contribution in [0.2, 0.25) is 0 Å². The molecule has 0 aromatic rings. The van der Waals surface area contributed by atoms with E-state index in [4.69, 9.17) is 0 Å². The summed E-state index contributed by atoms with van der Waals surface area (Å²) < 4.78 is 40.1. The minimum absolute atomic E-state index is 0.00160. The van der Waals surface area contributed by atoms with Crippen LogP contribution in [0.4, 0.5) is 13.2 Å². The number of amides is 1. The highest BCUT2D eigenvalue weighted by molar-refractivity contribution is 5.91. The van der Waals surface area contributed by atoms with Crippen LogP contribution >= 0.6 is 0 Å². The number of halogens is 3. The Kier molecular flexibility index (Phi) is 6.59. The molecule has 25 heavy (non-hydrogen) atoms. The van der Waals surface area contributed by atoms with Gasteiger partial charge in [0.25, 0.3) is 0 Å². The van der Waals surface area contributed by atoms with Crippen molar-refractivity contribution in [2.75, 3.05) is 6.61 Å². The molecule has 1 unspecified atom stereocenters. The van der Waals surface area contributed by atoms with Crippen LogP contribution < -0.4 is 5.32 Å². The fourth-order valence-corrected chi connectivity index (χ4v) is 3.68. The molecule has 0 saturated heterocycles. The third-order valence-electron chi connectivity index (χ3n) is 5.10. The number of carbonyl (C=O) groups is 3. The molecular formula is C17H24F3NO4. The van der Waals surface area contributed by atoms with E-state index >= 15 is 0 Å². The van der Waals surface area contributed by atoms with Crippen LogP contribution in [0.5, 0.6) is 0 Å². The fourth-order valence-electron chi connectivity index (χ4n) is 3.68. The molecule has 2 aliphatic carbocycles. The SMILES string of the molecule is C[C@H]1CC[C@H](C(=O)NC(C[C@@H]2CCCC2=O)C(=O)COC(F)(F)F)C1. The normalized spacial score (nSPS) is 28.2. The maximum absolute atomic E-state index is 12.4. The minimum Gasteiger partial charge on any atom is -0.346 e. The Bertz CT molecular complexity index is 521. The first-order chi connectivity index (χ1) is 11.7. The average molecular weight is 363 g/mol. The number of hydrogen-bond donors (Lipinski definition) is 1. The van der Waals surface area contributed by atoms with Crippen molar-refractivity contribution < 1.29 is 32.3 Å². The Hall–Kier alpha value is -1.44. The van der Waals surface area contributed by atoms with E-state index in [1.54, 1.807) is 0 Å². The zero-order chi connectivity index (χ0) is 18.6. The standard InChI is InChI=1S/C17H24F3NO4/c1-10-5-6-12(7-10)16(24)21-13(8-11-3-2-4-14(11)22)15(23)9-25-17(18,19)20/h10-13H,2-9H2,1H3,(H,21,24)/t10-,11-,12-,13?/m0/s1. The van der Waals surface area contributed by atoms with Crippen LogP contribution in [0.25, 0.3) is 0 Å². The molecule has 0 heterocycles. The number of rotatable bonds is 7. The molecule has 0 bridgehead atoms. The first-order valence-corrected chi connectivity index (χ1v) is 8.72. The number of ether oxygens (including phenoxy) is 1. The fraction of sp³-hybridized carbons (Fsp3) is 0.824. The molecule has 2 aliphatic rings. The molecule has 0 radical (unpaired) electrons. The van der Waals surface area contributed by atoms with E-state index in [0.717, 1.165) is 6.42 Å². The first kappa shape index (κ1) is 19.9. The number of carbonyl (C=O) groups excluding carboxylic acids is 3. The molecule has 5 nitrogen and oxygen atoms in total. The lowest BCUT2D eigenvalue weighted by Gasteiger charge is -2.22. The third kappa shape index (κ3) is 6.09. The molecular weight excluding hydrogens is 339 g/mol. The van der Waals surface area contributed by atoms with Crippen LogP contribution in [0.3, 0.4) is 0 Å². The van der Waals surface area contributed by atoms with Crippen molar-refractivity contribution in [1.29, 1.82) is 0 Å². The lowest BCUT2D eigenvalue weighted by atomic mass is 9.94. The highest BCUT2D eigenvalue weighted by atomic mass is 19.4. The summed E-state index contributed by atoms with van der Waals surface area (Å²) in [6.45, 7) is 0.876. The molecule has 0 spiro atoms. The Labute approximate surface area is 144 Å². The van der Waals surface area contributed by atoms with E-state index in [9.17, 15) is 27.6 Å². The van der Waals surface area contributed by atoms with E-state index in [2.05, 4.69) is 10.1 Å². The van der Waals surface area contributed by atoms with E-state index in [-0.39, 0.29) is 29.9 Å². The second kappa shape index (κ2) is 8.29. The lowest BCUT2D eigenvalue weighted by molar-refractivity contribution is -0.321. The van der Waals surface area contributed by atoms with Crippen molar-refractivity contribution in [1.82, 2.24) is 5.32 Å². The lowest BCUT2D eigenvalue weighted by Crippen LogP contribution is -2.46. The number of ketones is 2. The Morgan fingerprint density at radius 2 is 2.00 bits per heavy atom. The summed E-state index contributed by atoms with van der Waals surface area (Å²) in [5, 5.41) is 2.57. The number of hydrogen-bond acceptors (Lipinski definition) is 4. The Morgan fingerprint density at radius 1 is 1.28 bits per heavy atom. The van der Waals surface area contributed by atoms with Gasteiger partial charge in [0.2, 0.25) is 5.91 Å². The predicted molar refractivity (Wildman–Crippen MR) is 82.4 cm³/mol. The summed E-state index contributed by atoms with van der Waals surface area (Å²) in [7, 11) is 0. The topological polar surface area (TPSA) is 72.5 Å². The monoisotopic (exact) mass is 363 g/mol. The molecule has 1 N–H and O–H groups in total. The number of alkyl halides is 3. The minimum atomic E-state index is -4.91.